The van der Waals surface area contributed by atoms with Gasteiger partial charge >= 0.3 is 0 Å². The summed E-state index contributed by atoms with van der Waals surface area (Å²) in [6.07, 6.45) is 3.13. The van der Waals surface area contributed by atoms with E-state index in [2.05, 4.69) is 10.3 Å². The van der Waals surface area contributed by atoms with E-state index in [0.717, 1.165) is 9.54 Å². The number of hydrogen-bond donors (Lipinski definition) is 2. The molecule has 27 heavy (non-hydrogen) atoms. The van der Waals surface area contributed by atoms with Crippen LogP contribution in [0.15, 0.2) is 54.6 Å². The van der Waals surface area contributed by atoms with Crippen LogP contribution in [0.1, 0.15) is 19.4 Å². The molecule has 3 N–H and O–H groups in total. The molecular formula is C19H20N4O3S. The number of nitrogens with one attached hydrogen (secondary N) is 1. The fourth-order valence-corrected chi connectivity index (χ4v) is 3.70. The van der Waals surface area contributed by atoms with Crippen molar-refractivity contribution >= 4 is 44.7 Å². The highest BCUT2D eigenvalue weighted by Gasteiger charge is 2.24. The molecule has 3 aromatic rings. The Kier molecular flexibility index (Phi) is 5.00. The molecule has 140 valence electrons. The Morgan fingerprint density at radius 3 is 2.56 bits per heavy atom. The number of benzene rings is 2. The Morgan fingerprint density at radius 2 is 1.89 bits per heavy atom. The van der Waals surface area contributed by atoms with Gasteiger partial charge in [0, 0.05) is 11.8 Å². The average Bonchev–Trinajstić information content (AvgIpc) is 2.96. The predicted octanol–water partition coefficient (Wildman–Crippen LogP) is 2.86. The van der Waals surface area contributed by atoms with Crippen LogP contribution in [0.25, 0.3) is 17.1 Å². The SMILES string of the molecule is CC(C)S(=O)(=O)n1c(N)nc2cc(NC(=O)C=Cc3ccccc3)ccc21. The van der Waals surface area contributed by atoms with Gasteiger partial charge in [-0.2, -0.15) is 0 Å². The molecule has 0 aliphatic heterocycles. The first-order valence-electron chi connectivity index (χ1n) is 8.35. The lowest BCUT2D eigenvalue weighted by molar-refractivity contribution is -0.111. The van der Waals surface area contributed by atoms with Gasteiger partial charge in [0.05, 0.1) is 16.3 Å². The number of fused-ring (bicyclic) bond motifs is 1. The molecule has 0 unspecified atom stereocenters. The maximum atomic E-state index is 12.5. The van der Waals surface area contributed by atoms with E-state index < -0.39 is 15.3 Å². The molecule has 2 aromatic carbocycles. The van der Waals surface area contributed by atoms with Crippen LogP contribution in [0.5, 0.6) is 0 Å². The van der Waals surface area contributed by atoms with Crippen molar-refractivity contribution in [3.8, 4) is 0 Å². The van der Waals surface area contributed by atoms with Gasteiger partial charge in [0.1, 0.15) is 0 Å². The average molecular weight is 384 g/mol. The first kappa shape index (κ1) is 18.7. The smallest absolute Gasteiger partial charge is 0.248 e. The molecule has 0 aliphatic rings. The summed E-state index contributed by atoms with van der Waals surface area (Å²) in [4.78, 5) is 16.2. The maximum Gasteiger partial charge on any atom is 0.248 e. The first-order chi connectivity index (χ1) is 12.8. The van der Waals surface area contributed by atoms with Crippen LogP contribution >= 0.6 is 0 Å². The Hall–Kier alpha value is -3.13. The minimum Gasteiger partial charge on any atom is -0.368 e. The molecule has 0 saturated carbocycles. The molecule has 1 amide bonds. The summed E-state index contributed by atoms with van der Waals surface area (Å²) >= 11 is 0. The first-order valence-corrected chi connectivity index (χ1v) is 9.86. The van der Waals surface area contributed by atoms with Crippen LogP contribution in [0.3, 0.4) is 0 Å². The van der Waals surface area contributed by atoms with E-state index in [1.54, 1.807) is 38.1 Å². The van der Waals surface area contributed by atoms with Crippen LogP contribution in [0.4, 0.5) is 11.6 Å². The largest absolute Gasteiger partial charge is 0.368 e. The zero-order valence-corrected chi connectivity index (χ0v) is 15.8. The number of hydrogen-bond acceptors (Lipinski definition) is 5. The van der Waals surface area contributed by atoms with E-state index in [4.69, 9.17) is 5.73 Å². The van der Waals surface area contributed by atoms with Crippen molar-refractivity contribution in [2.75, 3.05) is 11.1 Å². The second-order valence-electron chi connectivity index (χ2n) is 6.26. The van der Waals surface area contributed by atoms with Gasteiger partial charge in [-0.1, -0.05) is 30.3 Å². The predicted molar refractivity (Wildman–Crippen MR) is 108 cm³/mol. The van der Waals surface area contributed by atoms with Gasteiger partial charge in [-0.05, 0) is 43.7 Å². The Labute approximate surface area is 157 Å². The summed E-state index contributed by atoms with van der Waals surface area (Å²) in [5.41, 5.74) is 7.99. The Bertz CT molecular complexity index is 1120. The molecule has 1 heterocycles. The van der Waals surface area contributed by atoms with Crippen molar-refractivity contribution in [2.45, 2.75) is 19.1 Å². The normalized spacial score (nSPS) is 12.1. The third-order valence-corrected chi connectivity index (χ3v) is 6.07. The van der Waals surface area contributed by atoms with E-state index in [1.165, 1.54) is 6.08 Å². The van der Waals surface area contributed by atoms with Crippen molar-refractivity contribution in [3.05, 3.63) is 60.2 Å². The number of nitrogens with zero attached hydrogens (tertiary/aromatic N) is 2. The second kappa shape index (κ2) is 7.24. The van der Waals surface area contributed by atoms with Crippen molar-refractivity contribution in [3.63, 3.8) is 0 Å². The van der Waals surface area contributed by atoms with Crippen LogP contribution in [-0.2, 0) is 14.8 Å². The lowest BCUT2D eigenvalue weighted by Gasteiger charge is -2.11. The van der Waals surface area contributed by atoms with Crippen molar-refractivity contribution in [1.82, 2.24) is 8.96 Å². The van der Waals surface area contributed by atoms with Gasteiger partial charge in [0.2, 0.25) is 21.9 Å². The van der Waals surface area contributed by atoms with Crippen LogP contribution in [0.2, 0.25) is 0 Å². The molecule has 8 heteroatoms. The van der Waals surface area contributed by atoms with E-state index >= 15 is 0 Å². The molecular weight excluding hydrogens is 364 g/mol. The summed E-state index contributed by atoms with van der Waals surface area (Å²) in [5, 5.41) is 2.09. The molecule has 1 aromatic heterocycles. The van der Waals surface area contributed by atoms with Crippen LogP contribution in [-0.4, -0.2) is 28.5 Å². The Morgan fingerprint density at radius 1 is 1.19 bits per heavy atom. The van der Waals surface area contributed by atoms with Crippen LogP contribution in [0, 0.1) is 0 Å². The molecule has 0 aliphatic carbocycles. The number of amides is 1. The highest BCUT2D eigenvalue weighted by atomic mass is 32.2. The quantitative estimate of drug-likeness (QED) is 0.658. The fourth-order valence-electron chi connectivity index (χ4n) is 2.55. The van der Waals surface area contributed by atoms with Gasteiger partial charge in [-0.25, -0.2) is 17.4 Å². The number of nitrogens with two attached hydrogens (primary N) is 1. The van der Waals surface area contributed by atoms with E-state index in [1.807, 2.05) is 30.3 Å². The Balaban J connectivity index is 1.86. The zero-order chi connectivity index (χ0) is 19.6. The minimum atomic E-state index is -3.64. The number of carbonyl (C=O) groups excluding carboxylic acids is 1. The number of anilines is 2. The van der Waals surface area contributed by atoms with Crippen molar-refractivity contribution in [1.29, 1.82) is 0 Å². The number of carbonyl (C=O) groups is 1. The van der Waals surface area contributed by atoms with Gasteiger partial charge in [-0.15, -0.1) is 0 Å². The van der Waals surface area contributed by atoms with Crippen molar-refractivity contribution in [2.24, 2.45) is 0 Å². The topological polar surface area (TPSA) is 107 Å². The highest BCUT2D eigenvalue weighted by molar-refractivity contribution is 7.90. The third kappa shape index (κ3) is 3.85. The monoisotopic (exact) mass is 384 g/mol. The molecule has 0 bridgehead atoms. The highest BCUT2D eigenvalue weighted by Crippen LogP contribution is 2.25. The zero-order valence-electron chi connectivity index (χ0n) is 15.0. The molecule has 0 spiro atoms. The van der Waals surface area contributed by atoms with Gasteiger partial charge in [0.15, 0.2) is 0 Å². The fraction of sp³-hybridized carbons (Fsp3) is 0.158. The van der Waals surface area contributed by atoms with Gasteiger partial charge in [-0.3, -0.25) is 4.79 Å². The molecule has 0 saturated heterocycles. The van der Waals surface area contributed by atoms with E-state index in [9.17, 15) is 13.2 Å². The summed E-state index contributed by atoms with van der Waals surface area (Å²) in [6.45, 7) is 3.16. The van der Waals surface area contributed by atoms with E-state index in [-0.39, 0.29) is 11.9 Å². The summed E-state index contributed by atoms with van der Waals surface area (Å²) in [5.74, 6) is -0.411. The third-order valence-electron chi connectivity index (χ3n) is 3.98. The van der Waals surface area contributed by atoms with Gasteiger partial charge < -0.3 is 11.1 Å². The van der Waals surface area contributed by atoms with Gasteiger partial charge in [0.25, 0.3) is 0 Å². The summed E-state index contributed by atoms with van der Waals surface area (Å²) < 4.78 is 26.0. The van der Waals surface area contributed by atoms with Crippen molar-refractivity contribution < 1.29 is 13.2 Å². The van der Waals surface area contributed by atoms with E-state index in [0.29, 0.717) is 16.7 Å². The number of aromatic nitrogens is 2. The number of rotatable bonds is 5. The van der Waals surface area contributed by atoms with Crippen LogP contribution < -0.4 is 11.1 Å². The molecule has 7 nitrogen and oxygen atoms in total. The standard InChI is InChI=1S/C19H20N4O3S/c1-13(2)27(25,26)23-17-10-9-15(12-16(17)22-19(23)20)21-18(24)11-8-14-6-4-3-5-7-14/h3-13H,1-2H3,(H2,20,22)(H,21,24). The lowest BCUT2D eigenvalue weighted by Crippen LogP contribution is -2.23. The second-order valence-corrected chi connectivity index (χ2v) is 8.60. The lowest BCUT2D eigenvalue weighted by atomic mass is 10.2. The summed E-state index contributed by atoms with van der Waals surface area (Å²) in [6, 6.07) is 14.2. The number of imidazole rings is 1. The minimum absolute atomic E-state index is 0.105. The molecule has 3 rings (SSSR count). The summed E-state index contributed by atoms with van der Waals surface area (Å²) in [7, 11) is -3.64. The maximum absolute atomic E-state index is 12.5. The molecule has 0 atom stereocenters. The molecule has 0 radical (unpaired) electrons. The number of nitrogen functional groups attached to an aromatic ring is 1. The molecule has 0 fully saturated rings.